The molecule has 0 saturated carbocycles. The lowest BCUT2D eigenvalue weighted by Crippen LogP contribution is -2.37. The Kier molecular flexibility index (Phi) is 6.10. The zero-order valence-electron chi connectivity index (χ0n) is 14.8. The standard InChI is InChI=1S/C23H25BrP/c1-19(2)18-23(24)25(20-12-6-3-7-13-20,21-14-8-4-9-15-21)22-16-10-5-11-17-22/h3-17,19,23H,18H2,1-2H3/q+1. The largest absolute Gasteiger partial charge is 0.138 e. The summed E-state index contributed by atoms with van der Waals surface area (Å²) in [5.41, 5.74) is 0. The van der Waals surface area contributed by atoms with Crippen molar-refractivity contribution in [3.63, 3.8) is 0 Å². The molecule has 3 aromatic carbocycles. The summed E-state index contributed by atoms with van der Waals surface area (Å²) in [5, 5.41) is 4.32. The van der Waals surface area contributed by atoms with E-state index in [2.05, 4.69) is 121 Å². The topological polar surface area (TPSA) is 0 Å². The van der Waals surface area contributed by atoms with Gasteiger partial charge in [0.05, 0.1) is 0 Å². The predicted molar refractivity (Wildman–Crippen MR) is 117 cm³/mol. The van der Waals surface area contributed by atoms with E-state index in [1.807, 2.05) is 0 Å². The van der Waals surface area contributed by atoms with E-state index in [4.69, 9.17) is 0 Å². The van der Waals surface area contributed by atoms with Crippen molar-refractivity contribution in [2.75, 3.05) is 0 Å². The molecule has 128 valence electrons. The Hall–Kier alpha value is -1.43. The number of hydrogen-bond donors (Lipinski definition) is 0. The average Bonchev–Trinajstić information content (AvgIpc) is 2.64. The monoisotopic (exact) mass is 411 g/mol. The molecule has 2 heteroatoms. The van der Waals surface area contributed by atoms with Gasteiger partial charge in [-0.3, -0.25) is 0 Å². The van der Waals surface area contributed by atoms with E-state index in [0.29, 0.717) is 10.5 Å². The molecule has 0 aliphatic carbocycles. The van der Waals surface area contributed by atoms with Crippen LogP contribution in [0, 0.1) is 5.92 Å². The number of rotatable bonds is 6. The molecule has 0 amide bonds. The molecule has 0 saturated heterocycles. The number of halogens is 1. The molecular weight excluding hydrogens is 387 g/mol. The Morgan fingerprint density at radius 3 is 1.24 bits per heavy atom. The summed E-state index contributed by atoms with van der Waals surface area (Å²) in [7, 11) is -1.78. The van der Waals surface area contributed by atoms with Crippen LogP contribution >= 0.6 is 23.2 Å². The number of alkyl halides is 1. The Morgan fingerprint density at radius 2 is 0.960 bits per heavy atom. The first-order valence-corrected chi connectivity index (χ1v) is 11.6. The van der Waals surface area contributed by atoms with Gasteiger partial charge in [-0.05, 0) is 64.7 Å². The van der Waals surface area contributed by atoms with Crippen LogP contribution in [0.25, 0.3) is 0 Å². The summed E-state index contributed by atoms with van der Waals surface area (Å²) in [6.45, 7) is 4.62. The van der Waals surface area contributed by atoms with Crippen LogP contribution < -0.4 is 15.9 Å². The summed E-state index contributed by atoms with van der Waals surface area (Å²) in [4.78, 5) is 0. The van der Waals surface area contributed by atoms with E-state index < -0.39 is 7.26 Å². The number of hydrogen-bond acceptors (Lipinski definition) is 0. The van der Waals surface area contributed by atoms with Gasteiger partial charge in [0.25, 0.3) is 0 Å². The van der Waals surface area contributed by atoms with Gasteiger partial charge in [-0.1, -0.05) is 68.4 Å². The molecule has 0 aliphatic heterocycles. The third kappa shape index (κ3) is 3.73. The van der Waals surface area contributed by atoms with E-state index >= 15 is 0 Å². The zero-order valence-corrected chi connectivity index (χ0v) is 17.3. The molecule has 0 N–H and O–H groups in total. The quantitative estimate of drug-likeness (QED) is 0.357. The van der Waals surface area contributed by atoms with Crippen LogP contribution in [0.15, 0.2) is 91.0 Å². The summed E-state index contributed by atoms with van der Waals surface area (Å²) in [5.74, 6) is 0.639. The molecule has 3 aromatic rings. The fraction of sp³-hybridized carbons (Fsp3) is 0.217. The van der Waals surface area contributed by atoms with Crippen LogP contribution in [0.3, 0.4) is 0 Å². The lowest BCUT2D eigenvalue weighted by molar-refractivity contribution is 0.620. The van der Waals surface area contributed by atoms with Crippen molar-refractivity contribution in [3.05, 3.63) is 91.0 Å². The molecule has 1 unspecified atom stereocenters. The first kappa shape index (κ1) is 18.4. The van der Waals surface area contributed by atoms with Crippen LogP contribution in [0.4, 0.5) is 0 Å². The zero-order chi connectivity index (χ0) is 17.7. The van der Waals surface area contributed by atoms with Crippen LogP contribution in [0.5, 0.6) is 0 Å². The maximum absolute atomic E-state index is 4.16. The molecular formula is C23H25BrP+. The smallest absolute Gasteiger partial charge is 0.0626 e. The van der Waals surface area contributed by atoms with Gasteiger partial charge in [0, 0.05) is 0 Å². The molecule has 0 aromatic heterocycles. The van der Waals surface area contributed by atoms with Gasteiger partial charge in [0.1, 0.15) is 27.7 Å². The van der Waals surface area contributed by atoms with Gasteiger partial charge >= 0.3 is 0 Å². The highest BCUT2D eigenvalue weighted by molar-refractivity contribution is 9.11. The Morgan fingerprint density at radius 1 is 0.640 bits per heavy atom. The van der Waals surface area contributed by atoms with Gasteiger partial charge in [0.15, 0.2) is 0 Å². The molecule has 0 bridgehead atoms. The number of benzene rings is 3. The van der Waals surface area contributed by atoms with Crippen LogP contribution in [-0.4, -0.2) is 4.57 Å². The highest BCUT2D eigenvalue weighted by Gasteiger charge is 2.51. The van der Waals surface area contributed by atoms with Crippen molar-refractivity contribution < 1.29 is 0 Å². The Labute approximate surface area is 160 Å². The summed E-state index contributed by atoms with van der Waals surface area (Å²) < 4.78 is 0.409. The van der Waals surface area contributed by atoms with Crippen LogP contribution in [-0.2, 0) is 0 Å². The molecule has 0 nitrogen and oxygen atoms in total. The minimum atomic E-state index is -1.78. The SMILES string of the molecule is CC(C)CC(Br)[P+](c1ccccc1)(c1ccccc1)c1ccccc1. The van der Waals surface area contributed by atoms with E-state index in [1.165, 1.54) is 15.9 Å². The van der Waals surface area contributed by atoms with Crippen molar-refractivity contribution in [1.82, 2.24) is 0 Å². The molecule has 3 rings (SSSR count). The predicted octanol–water partition coefficient (Wildman–Crippen LogP) is 5.75. The van der Waals surface area contributed by atoms with Crippen molar-refractivity contribution in [2.45, 2.75) is 24.8 Å². The van der Waals surface area contributed by atoms with Gasteiger partial charge < -0.3 is 0 Å². The van der Waals surface area contributed by atoms with Crippen molar-refractivity contribution in [2.24, 2.45) is 5.92 Å². The summed E-state index contributed by atoms with van der Waals surface area (Å²) >= 11 is 4.16. The fourth-order valence-corrected chi connectivity index (χ4v) is 10.9. The lowest BCUT2D eigenvalue weighted by atomic mass is 10.2. The first-order valence-electron chi connectivity index (χ1n) is 8.85. The van der Waals surface area contributed by atoms with E-state index in [1.54, 1.807) is 0 Å². The van der Waals surface area contributed by atoms with E-state index in [9.17, 15) is 0 Å². The molecule has 0 radical (unpaired) electrons. The average molecular weight is 412 g/mol. The maximum atomic E-state index is 4.16. The Balaban J connectivity index is 2.31. The highest BCUT2D eigenvalue weighted by atomic mass is 79.9. The maximum Gasteiger partial charge on any atom is 0.138 e. The highest BCUT2D eigenvalue weighted by Crippen LogP contribution is 2.63. The third-order valence-electron chi connectivity index (χ3n) is 4.58. The third-order valence-corrected chi connectivity index (χ3v) is 11.2. The van der Waals surface area contributed by atoms with Crippen LogP contribution in [0.2, 0.25) is 0 Å². The van der Waals surface area contributed by atoms with E-state index in [-0.39, 0.29) is 0 Å². The molecule has 0 fully saturated rings. The molecule has 0 aliphatic rings. The minimum absolute atomic E-state index is 0.409. The van der Waals surface area contributed by atoms with Crippen LogP contribution in [0.1, 0.15) is 20.3 Å². The second kappa shape index (κ2) is 8.30. The second-order valence-corrected chi connectivity index (χ2v) is 12.2. The van der Waals surface area contributed by atoms with Gasteiger partial charge in [-0.25, -0.2) is 0 Å². The van der Waals surface area contributed by atoms with Crippen molar-refractivity contribution >= 4 is 39.1 Å². The second-order valence-electron chi connectivity index (χ2n) is 6.79. The summed E-state index contributed by atoms with van der Waals surface area (Å²) in [6.07, 6.45) is 1.15. The summed E-state index contributed by atoms with van der Waals surface area (Å²) in [6, 6.07) is 33.2. The van der Waals surface area contributed by atoms with E-state index in [0.717, 1.165) is 6.42 Å². The normalized spacial score (nSPS) is 13.0. The van der Waals surface area contributed by atoms with Gasteiger partial charge in [0.2, 0.25) is 0 Å². The molecule has 1 atom stereocenters. The van der Waals surface area contributed by atoms with Gasteiger partial charge in [-0.2, -0.15) is 0 Å². The molecule has 0 spiro atoms. The molecule has 25 heavy (non-hydrogen) atoms. The fourth-order valence-electron chi connectivity index (χ4n) is 3.47. The first-order chi connectivity index (χ1) is 12.2. The van der Waals surface area contributed by atoms with Gasteiger partial charge in [-0.15, -0.1) is 0 Å². The van der Waals surface area contributed by atoms with Crippen molar-refractivity contribution in [1.29, 1.82) is 0 Å². The van der Waals surface area contributed by atoms with Crippen molar-refractivity contribution in [3.8, 4) is 0 Å². The molecule has 0 heterocycles. The Bertz CT molecular complexity index is 672. The lowest BCUT2D eigenvalue weighted by Gasteiger charge is -2.32. The minimum Gasteiger partial charge on any atom is -0.0626 e.